The van der Waals surface area contributed by atoms with Crippen molar-refractivity contribution in [1.29, 1.82) is 0 Å². The van der Waals surface area contributed by atoms with Crippen LogP contribution in [0.15, 0.2) is 12.2 Å². The molecule has 0 bridgehead atoms. The first-order valence-electron chi connectivity index (χ1n) is 16.1. The fraction of sp³-hybridized carbons (Fsp3) is 0.903. The number of nitrogens with one attached hydrogen (secondary N) is 1. The number of aliphatic hydroxyl groups is 1. The Morgan fingerprint density at radius 1 is 0.850 bits per heavy atom. The van der Waals surface area contributed by atoms with E-state index in [-0.39, 0.29) is 19.1 Å². The van der Waals surface area contributed by atoms with Crippen LogP contribution in [0.3, 0.4) is 0 Å². The van der Waals surface area contributed by atoms with Gasteiger partial charge in [-0.25, -0.2) is 0 Å². The zero-order valence-corrected chi connectivity index (χ0v) is 27.4. The number of nitrogens with zero attached hydrogens (tertiary/aromatic N) is 1. The van der Waals surface area contributed by atoms with Gasteiger partial charge in [-0.1, -0.05) is 116 Å². The molecule has 3 atom stereocenters. The monoisotopic (exact) mass is 590 g/mol. The van der Waals surface area contributed by atoms with Gasteiger partial charge in [0.1, 0.15) is 13.2 Å². The largest absolute Gasteiger partial charge is 0.756 e. The maximum atomic E-state index is 12.6. The normalized spacial score (nSPS) is 15.3. The predicted molar refractivity (Wildman–Crippen MR) is 164 cm³/mol. The number of quaternary nitrogens is 1. The Labute approximate surface area is 246 Å². The lowest BCUT2D eigenvalue weighted by Gasteiger charge is -2.29. The van der Waals surface area contributed by atoms with Crippen LogP contribution in [0.1, 0.15) is 129 Å². The van der Waals surface area contributed by atoms with Crippen molar-refractivity contribution in [3.63, 3.8) is 0 Å². The topological polar surface area (TPSA) is 108 Å². The van der Waals surface area contributed by atoms with E-state index in [1.807, 2.05) is 27.2 Å². The number of rotatable bonds is 28. The molecular formula is C31H63N2O6P. The molecular weight excluding hydrogens is 527 g/mol. The molecule has 8 nitrogen and oxygen atoms in total. The molecule has 0 spiro atoms. The highest BCUT2D eigenvalue weighted by molar-refractivity contribution is 7.45. The number of carbonyl (C=O) groups is 1. The highest BCUT2D eigenvalue weighted by Crippen LogP contribution is 2.38. The number of carbonyl (C=O) groups excluding carboxylic acids is 1. The fourth-order valence-corrected chi connectivity index (χ4v) is 5.05. The van der Waals surface area contributed by atoms with E-state index in [9.17, 15) is 19.4 Å². The van der Waals surface area contributed by atoms with Crippen LogP contribution in [-0.4, -0.2) is 68.5 Å². The van der Waals surface area contributed by atoms with Crippen LogP contribution >= 0.6 is 7.82 Å². The van der Waals surface area contributed by atoms with E-state index in [0.717, 1.165) is 38.5 Å². The van der Waals surface area contributed by atoms with Crippen molar-refractivity contribution in [3.05, 3.63) is 12.2 Å². The molecule has 0 aromatic carbocycles. The van der Waals surface area contributed by atoms with Crippen LogP contribution in [-0.2, 0) is 18.4 Å². The first-order valence-corrected chi connectivity index (χ1v) is 17.5. The zero-order valence-electron chi connectivity index (χ0n) is 26.5. The Hall–Kier alpha value is -0.760. The van der Waals surface area contributed by atoms with Gasteiger partial charge < -0.3 is 28.8 Å². The Bertz CT molecular complexity index is 683. The summed E-state index contributed by atoms with van der Waals surface area (Å²) in [6, 6.07) is -0.874. The lowest BCUT2D eigenvalue weighted by molar-refractivity contribution is -0.870. The summed E-state index contributed by atoms with van der Waals surface area (Å²) in [6.07, 6.45) is 22.6. The first-order chi connectivity index (χ1) is 19.0. The highest BCUT2D eigenvalue weighted by Gasteiger charge is 2.23. The van der Waals surface area contributed by atoms with Gasteiger partial charge in [0, 0.05) is 6.42 Å². The number of hydrogen-bond donors (Lipinski definition) is 2. The van der Waals surface area contributed by atoms with Gasteiger partial charge in [0.05, 0.1) is 39.9 Å². The quantitative estimate of drug-likeness (QED) is 0.0457. The minimum atomic E-state index is -4.56. The average molecular weight is 591 g/mol. The Morgan fingerprint density at radius 3 is 1.88 bits per heavy atom. The molecule has 0 aliphatic heterocycles. The summed E-state index contributed by atoms with van der Waals surface area (Å²) in [4.78, 5) is 24.8. The molecule has 0 saturated heterocycles. The summed E-state index contributed by atoms with van der Waals surface area (Å²) in [6.45, 7) is 4.54. The first kappa shape index (κ1) is 39.2. The molecule has 238 valence electrons. The van der Waals surface area contributed by atoms with E-state index in [0.29, 0.717) is 17.4 Å². The van der Waals surface area contributed by atoms with E-state index in [2.05, 4.69) is 19.2 Å². The van der Waals surface area contributed by atoms with Gasteiger partial charge >= 0.3 is 0 Å². The van der Waals surface area contributed by atoms with Crippen molar-refractivity contribution in [2.75, 3.05) is 40.9 Å². The van der Waals surface area contributed by atoms with Crippen LogP contribution in [0.5, 0.6) is 0 Å². The van der Waals surface area contributed by atoms with E-state index >= 15 is 0 Å². The van der Waals surface area contributed by atoms with Crippen molar-refractivity contribution in [1.82, 2.24) is 5.32 Å². The number of amides is 1. The van der Waals surface area contributed by atoms with Crippen LogP contribution in [0.4, 0.5) is 0 Å². The molecule has 0 saturated carbocycles. The Balaban J connectivity index is 4.66. The minimum absolute atomic E-state index is 0.000750. The molecule has 1 amide bonds. The van der Waals surface area contributed by atoms with Gasteiger partial charge in [-0.15, -0.1) is 0 Å². The highest BCUT2D eigenvalue weighted by atomic mass is 31.2. The molecule has 40 heavy (non-hydrogen) atoms. The number of phosphoric acid groups is 1. The molecule has 0 fully saturated rings. The molecule has 0 heterocycles. The van der Waals surface area contributed by atoms with Crippen molar-refractivity contribution in [2.24, 2.45) is 0 Å². The number of phosphoric ester groups is 1. The van der Waals surface area contributed by atoms with Gasteiger partial charge in [-0.05, 0) is 19.3 Å². The molecule has 0 radical (unpaired) electrons. The SMILES string of the molecule is CCCCCCCCCCC/C=C/C(O)C(COP(=O)([O-])OCC[N+](C)(C)C)NC(=O)CCCCCCCCC. The zero-order chi connectivity index (χ0) is 30.1. The second-order valence-corrected chi connectivity index (χ2v) is 13.6. The van der Waals surface area contributed by atoms with Crippen molar-refractivity contribution < 1.29 is 32.9 Å². The third kappa shape index (κ3) is 26.2. The molecule has 0 rings (SSSR count). The van der Waals surface area contributed by atoms with E-state index in [1.54, 1.807) is 6.08 Å². The number of likely N-dealkylation sites (N-methyl/N-ethyl adjacent to an activating group) is 1. The second kappa shape index (κ2) is 24.8. The summed E-state index contributed by atoms with van der Waals surface area (Å²) < 4.78 is 22.9. The van der Waals surface area contributed by atoms with Gasteiger partial charge in [-0.2, -0.15) is 0 Å². The van der Waals surface area contributed by atoms with Crippen molar-refractivity contribution in [3.8, 4) is 0 Å². The molecule has 0 aromatic heterocycles. The van der Waals surface area contributed by atoms with Crippen LogP contribution in [0.2, 0.25) is 0 Å². The average Bonchev–Trinajstić information content (AvgIpc) is 2.88. The lowest BCUT2D eigenvalue weighted by atomic mass is 10.1. The maximum absolute atomic E-state index is 12.6. The van der Waals surface area contributed by atoms with E-state index in [4.69, 9.17) is 9.05 Å². The predicted octanol–water partition coefficient (Wildman–Crippen LogP) is 6.66. The third-order valence-electron chi connectivity index (χ3n) is 7.00. The van der Waals surface area contributed by atoms with Crippen LogP contribution in [0.25, 0.3) is 0 Å². The van der Waals surface area contributed by atoms with E-state index < -0.39 is 20.0 Å². The Kier molecular flexibility index (Phi) is 24.3. The smallest absolute Gasteiger partial charge is 0.268 e. The van der Waals surface area contributed by atoms with Crippen LogP contribution in [0, 0.1) is 0 Å². The van der Waals surface area contributed by atoms with Crippen LogP contribution < -0.4 is 10.2 Å². The molecule has 0 aliphatic carbocycles. The summed E-state index contributed by atoms with van der Waals surface area (Å²) in [5, 5.41) is 13.5. The maximum Gasteiger partial charge on any atom is 0.268 e. The molecule has 3 unspecified atom stereocenters. The molecule has 0 aromatic rings. The van der Waals surface area contributed by atoms with Gasteiger partial charge in [0.25, 0.3) is 7.82 Å². The summed E-state index contributed by atoms with van der Waals surface area (Å²) >= 11 is 0. The third-order valence-corrected chi connectivity index (χ3v) is 7.96. The standard InChI is InChI=1S/C31H63N2O6P/c1-6-8-10-12-14-15-16-17-19-20-22-24-30(34)29(28-39-40(36,37)38-27-26-33(3,4)5)32-31(35)25-23-21-18-13-11-9-7-2/h22,24,29-30,34H,6-21,23,25-28H2,1-5H3,(H-,32,35,36,37)/b24-22+. The number of aliphatic hydroxyl groups excluding tert-OH is 1. The number of allylic oxidation sites excluding steroid dienone is 1. The fourth-order valence-electron chi connectivity index (χ4n) is 4.33. The van der Waals surface area contributed by atoms with E-state index in [1.165, 1.54) is 70.6 Å². The van der Waals surface area contributed by atoms with Gasteiger partial charge in [-0.3, -0.25) is 9.36 Å². The molecule has 9 heteroatoms. The Morgan fingerprint density at radius 2 is 1.35 bits per heavy atom. The van der Waals surface area contributed by atoms with Gasteiger partial charge in [0.2, 0.25) is 5.91 Å². The molecule has 0 aliphatic rings. The minimum Gasteiger partial charge on any atom is -0.756 e. The van der Waals surface area contributed by atoms with Crippen molar-refractivity contribution >= 4 is 13.7 Å². The van der Waals surface area contributed by atoms with Crippen molar-refractivity contribution in [2.45, 2.75) is 142 Å². The van der Waals surface area contributed by atoms with Gasteiger partial charge in [0.15, 0.2) is 0 Å². The molecule has 2 N–H and O–H groups in total. The summed E-state index contributed by atoms with van der Waals surface area (Å²) in [5.74, 6) is -0.208. The summed E-state index contributed by atoms with van der Waals surface area (Å²) in [7, 11) is 1.26. The lowest BCUT2D eigenvalue weighted by Crippen LogP contribution is -2.45. The second-order valence-electron chi connectivity index (χ2n) is 12.2. The number of unbranched alkanes of at least 4 members (excludes halogenated alkanes) is 15. The summed E-state index contributed by atoms with van der Waals surface area (Å²) in [5.41, 5.74) is 0. The number of hydrogen-bond acceptors (Lipinski definition) is 6.